The molecule has 8 nitrogen and oxygen atoms in total. The number of nitrogens with one attached hydrogen (secondary N) is 1. The summed E-state index contributed by atoms with van der Waals surface area (Å²) in [5.41, 5.74) is 0.858. The third-order valence-electron chi connectivity index (χ3n) is 10.5. The van der Waals surface area contributed by atoms with Crippen molar-refractivity contribution in [3.05, 3.63) is 69.7 Å². The zero-order valence-electron chi connectivity index (χ0n) is 30.1. The number of likely N-dealkylation sites (tertiary alicyclic amines) is 3. The van der Waals surface area contributed by atoms with Gasteiger partial charge in [0.15, 0.2) is 0 Å². The van der Waals surface area contributed by atoms with Gasteiger partial charge < -0.3 is 25.2 Å². The Balaban J connectivity index is 0.000000199. The highest BCUT2D eigenvalue weighted by molar-refractivity contribution is 6.30. The lowest BCUT2D eigenvalue weighted by molar-refractivity contribution is 0.0105. The van der Waals surface area contributed by atoms with Crippen LogP contribution in [0.4, 0.5) is 4.79 Å². The maximum atomic E-state index is 12.3. The molecule has 4 saturated heterocycles. The Morgan fingerprint density at radius 3 is 1.59 bits per heavy atom. The highest BCUT2D eigenvalue weighted by atomic mass is 35.5. The Labute approximate surface area is 304 Å². The maximum absolute atomic E-state index is 12.3. The van der Waals surface area contributed by atoms with Crippen LogP contribution >= 0.6 is 23.2 Å². The van der Waals surface area contributed by atoms with Gasteiger partial charge in [-0.05, 0) is 134 Å². The Kier molecular flexibility index (Phi) is 12.7. The quantitative estimate of drug-likeness (QED) is 0.312. The molecule has 4 aliphatic heterocycles. The molecule has 0 saturated carbocycles. The van der Waals surface area contributed by atoms with E-state index < -0.39 is 16.8 Å². The van der Waals surface area contributed by atoms with E-state index in [1.54, 1.807) is 0 Å². The molecule has 0 spiro atoms. The fourth-order valence-electron chi connectivity index (χ4n) is 8.29. The number of β-amino-alcohol motifs (C(OH)–C–C–N with tert-alkyl or cyclic N) is 2. The summed E-state index contributed by atoms with van der Waals surface area (Å²) in [6.45, 7) is 14.7. The second-order valence-electron chi connectivity index (χ2n) is 16.4. The van der Waals surface area contributed by atoms with Crippen LogP contribution in [0.1, 0.15) is 84.3 Å². The number of carbonyl (C=O) groups is 1. The number of halogens is 2. The van der Waals surface area contributed by atoms with E-state index in [1.165, 1.54) is 24.0 Å². The number of rotatable bonds is 6. The molecule has 0 radical (unpaired) electrons. The van der Waals surface area contributed by atoms with Crippen molar-refractivity contribution >= 4 is 29.3 Å². The topological polar surface area (TPSA) is 88.5 Å². The van der Waals surface area contributed by atoms with Crippen molar-refractivity contribution in [2.24, 2.45) is 0 Å². The lowest BCUT2D eigenvalue weighted by Gasteiger charge is -2.39. The number of hydrogen-bond acceptors (Lipinski definition) is 7. The lowest BCUT2D eigenvalue weighted by Crippen LogP contribution is -2.50. The van der Waals surface area contributed by atoms with E-state index in [0.29, 0.717) is 43.8 Å². The highest BCUT2D eigenvalue weighted by Crippen LogP contribution is 2.35. The van der Waals surface area contributed by atoms with Crippen LogP contribution in [0.3, 0.4) is 0 Å². The first-order chi connectivity index (χ1) is 23.1. The van der Waals surface area contributed by atoms with E-state index in [1.807, 2.05) is 63.8 Å². The van der Waals surface area contributed by atoms with Crippen molar-refractivity contribution in [1.29, 1.82) is 0 Å². The zero-order valence-corrected chi connectivity index (χ0v) is 31.6. The Morgan fingerprint density at radius 1 is 0.776 bits per heavy atom. The minimum absolute atomic E-state index is 0.225. The molecule has 2 unspecified atom stereocenters. The molecule has 2 aromatic rings. The second-order valence-corrected chi connectivity index (χ2v) is 17.3. The highest BCUT2D eigenvalue weighted by Gasteiger charge is 2.44. The van der Waals surface area contributed by atoms with Crippen LogP contribution in [0.2, 0.25) is 10.0 Å². The first-order valence-electron chi connectivity index (χ1n) is 18.2. The summed E-state index contributed by atoms with van der Waals surface area (Å²) in [5, 5.41) is 26.2. The van der Waals surface area contributed by atoms with E-state index in [2.05, 4.69) is 39.4 Å². The largest absolute Gasteiger partial charge is 0.444 e. The SMILES string of the molecule is CC1(O)C[C@H](Cc2ccc(Cl)cc2)N(C2CCN(C(=O)OC(C)(C)C)CC2)C1.CC1(O)C[C@H](Cc2ccc(Cl)cc2)N(C2CCNCC2)C1. The third kappa shape index (κ3) is 11.3. The molecule has 4 fully saturated rings. The average Bonchev–Trinajstić information content (AvgIpc) is 3.52. The van der Waals surface area contributed by atoms with Gasteiger partial charge in [0.1, 0.15) is 5.60 Å². The van der Waals surface area contributed by atoms with Gasteiger partial charge in [-0.15, -0.1) is 0 Å². The van der Waals surface area contributed by atoms with E-state index in [4.69, 9.17) is 27.9 Å². The molecule has 3 N–H and O–H groups in total. The van der Waals surface area contributed by atoms with E-state index in [9.17, 15) is 15.0 Å². The number of benzene rings is 2. The predicted octanol–water partition coefficient (Wildman–Crippen LogP) is 6.57. The van der Waals surface area contributed by atoms with Crippen LogP contribution in [-0.2, 0) is 17.6 Å². The van der Waals surface area contributed by atoms with Crippen LogP contribution < -0.4 is 5.32 Å². The first-order valence-corrected chi connectivity index (χ1v) is 19.0. The zero-order chi connectivity index (χ0) is 35.4. The van der Waals surface area contributed by atoms with Gasteiger partial charge in [-0.1, -0.05) is 47.5 Å². The van der Waals surface area contributed by atoms with Crippen LogP contribution in [-0.4, -0.2) is 111 Å². The minimum atomic E-state index is -0.667. The molecule has 0 aromatic heterocycles. The molecular formula is C39H58Cl2N4O4. The summed E-state index contributed by atoms with van der Waals surface area (Å²) in [5.74, 6) is 0. The smallest absolute Gasteiger partial charge is 0.410 e. The molecule has 1 amide bonds. The van der Waals surface area contributed by atoms with Gasteiger partial charge in [0.25, 0.3) is 0 Å². The van der Waals surface area contributed by atoms with Crippen LogP contribution in [0, 0.1) is 0 Å². The molecule has 6 rings (SSSR count). The van der Waals surface area contributed by atoms with Crippen molar-refractivity contribution < 1.29 is 19.7 Å². The molecule has 0 bridgehead atoms. The number of hydrogen-bond donors (Lipinski definition) is 3. The fraction of sp³-hybridized carbons (Fsp3) is 0.667. The third-order valence-corrected chi connectivity index (χ3v) is 11.0. The number of amides is 1. The van der Waals surface area contributed by atoms with Crippen molar-refractivity contribution in [2.45, 2.75) is 127 Å². The average molecular weight is 718 g/mol. The van der Waals surface area contributed by atoms with E-state index in [-0.39, 0.29) is 6.09 Å². The summed E-state index contributed by atoms with van der Waals surface area (Å²) in [7, 11) is 0. The van der Waals surface area contributed by atoms with Crippen LogP contribution in [0.15, 0.2) is 48.5 Å². The normalized spacial score (nSPS) is 29.1. The molecule has 272 valence electrons. The van der Waals surface area contributed by atoms with Gasteiger partial charge in [0.2, 0.25) is 0 Å². The van der Waals surface area contributed by atoms with Gasteiger partial charge >= 0.3 is 6.09 Å². The van der Waals surface area contributed by atoms with Gasteiger partial charge in [-0.2, -0.15) is 0 Å². The molecule has 4 heterocycles. The molecular weight excluding hydrogens is 659 g/mol. The molecule has 49 heavy (non-hydrogen) atoms. The molecule has 10 heteroatoms. The second kappa shape index (κ2) is 16.2. The summed E-state index contributed by atoms with van der Waals surface area (Å²) >= 11 is 12.0. The number of carbonyl (C=O) groups excluding carboxylic acids is 1. The maximum Gasteiger partial charge on any atom is 0.410 e. The van der Waals surface area contributed by atoms with Gasteiger partial charge in [-0.3, -0.25) is 9.80 Å². The number of aliphatic hydroxyl groups is 2. The monoisotopic (exact) mass is 716 g/mol. The minimum Gasteiger partial charge on any atom is -0.444 e. The fourth-order valence-corrected chi connectivity index (χ4v) is 8.54. The Bertz CT molecular complexity index is 1350. The predicted molar refractivity (Wildman–Crippen MR) is 199 cm³/mol. The van der Waals surface area contributed by atoms with E-state index in [0.717, 1.165) is 68.2 Å². The summed E-state index contributed by atoms with van der Waals surface area (Å²) < 4.78 is 5.50. The Hall–Kier alpha value is -1.91. The van der Waals surface area contributed by atoms with Crippen molar-refractivity contribution in [1.82, 2.24) is 20.0 Å². The van der Waals surface area contributed by atoms with Crippen LogP contribution in [0.25, 0.3) is 0 Å². The van der Waals surface area contributed by atoms with Crippen LogP contribution in [0.5, 0.6) is 0 Å². The lowest BCUT2D eigenvalue weighted by atomic mass is 9.97. The van der Waals surface area contributed by atoms with Crippen molar-refractivity contribution in [3.8, 4) is 0 Å². The van der Waals surface area contributed by atoms with Gasteiger partial charge in [0, 0.05) is 60.4 Å². The molecule has 2 aromatic carbocycles. The summed E-state index contributed by atoms with van der Waals surface area (Å²) in [4.78, 5) is 19.1. The van der Waals surface area contributed by atoms with Crippen molar-refractivity contribution in [2.75, 3.05) is 39.3 Å². The first kappa shape index (κ1) is 38.3. The number of piperidine rings is 2. The Morgan fingerprint density at radius 2 is 1.18 bits per heavy atom. The van der Waals surface area contributed by atoms with Crippen molar-refractivity contribution in [3.63, 3.8) is 0 Å². The summed E-state index contributed by atoms with van der Waals surface area (Å²) in [6.07, 6.45) is 7.49. The number of nitrogens with zero attached hydrogens (tertiary/aromatic N) is 3. The van der Waals surface area contributed by atoms with Gasteiger partial charge in [-0.25, -0.2) is 4.79 Å². The number of ether oxygens (including phenoxy) is 1. The van der Waals surface area contributed by atoms with E-state index >= 15 is 0 Å². The standard InChI is InChI=1S/C22H33ClN2O3.C17H25ClN2O/c1-21(2,3)28-20(26)24-11-9-18(10-12-24)25-15-22(4,27)14-19(25)13-16-5-7-17(23)8-6-16;1-17(21)11-16(10-13-2-4-14(18)5-3-13)20(12-17)15-6-8-19-9-7-15/h5-8,18-19,27H,9-15H2,1-4H3;2-5,15-16,19,21H,6-12H2,1H3/t19-,22?;16-,17?/m00/s1. The summed E-state index contributed by atoms with van der Waals surface area (Å²) in [6, 6.07) is 17.8. The van der Waals surface area contributed by atoms with Gasteiger partial charge in [0.05, 0.1) is 11.2 Å². The molecule has 0 aliphatic carbocycles. The molecule has 4 atom stereocenters. The molecule has 4 aliphatic rings.